The molecule has 4 unspecified atom stereocenters. The molecule has 0 bridgehead atoms. The monoisotopic (exact) mass is 263 g/mol. The lowest BCUT2D eigenvalue weighted by atomic mass is 9.80. The van der Waals surface area contributed by atoms with Crippen LogP contribution >= 0.6 is 0 Å². The molecule has 2 saturated carbocycles. The summed E-state index contributed by atoms with van der Waals surface area (Å²) in [5.41, 5.74) is 0. The molecule has 2 nitrogen and oxygen atoms in total. The highest BCUT2D eigenvalue weighted by Crippen LogP contribution is 2.37. The van der Waals surface area contributed by atoms with Crippen LogP contribution in [0.15, 0.2) is 0 Å². The largest absolute Gasteiger partial charge is 0.299 e. The number of Topliss-reactive ketones (excluding diaryl/α,β-unsaturated/α-hetero) is 1. The van der Waals surface area contributed by atoms with E-state index >= 15 is 0 Å². The summed E-state index contributed by atoms with van der Waals surface area (Å²) in [5.74, 6) is 1.85. The number of carbonyl (C=O) groups is 1. The van der Waals surface area contributed by atoms with Crippen LogP contribution in [0.2, 0.25) is 0 Å². The Balaban J connectivity index is 1.68. The van der Waals surface area contributed by atoms with Crippen molar-refractivity contribution in [3.05, 3.63) is 0 Å². The molecule has 3 aliphatic rings. The fourth-order valence-electron chi connectivity index (χ4n) is 4.82. The van der Waals surface area contributed by atoms with Crippen LogP contribution < -0.4 is 0 Å². The first kappa shape index (κ1) is 13.6. The van der Waals surface area contributed by atoms with E-state index in [0.717, 1.165) is 24.8 Å². The minimum absolute atomic E-state index is 0.383. The minimum atomic E-state index is 0.383. The number of hydrogen-bond donors (Lipinski definition) is 0. The van der Waals surface area contributed by atoms with Crippen molar-refractivity contribution in [1.29, 1.82) is 0 Å². The summed E-state index contributed by atoms with van der Waals surface area (Å²) in [4.78, 5) is 15.0. The zero-order chi connectivity index (χ0) is 13.2. The molecule has 2 heteroatoms. The Kier molecular flexibility index (Phi) is 4.26. The van der Waals surface area contributed by atoms with Crippen LogP contribution in [0.4, 0.5) is 0 Å². The Morgan fingerprint density at radius 3 is 2.68 bits per heavy atom. The minimum Gasteiger partial charge on any atom is -0.299 e. The standard InChI is InChI=1S/C17H29NO/c1-13-6-4-7-14(12-13)18-11-5-9-16(18)15-8-2-3-10-17(15)19/h13-16H,2-12H2,1H3. The summed E-state index contributed by atoms with van der Waals surface area (Å²) in [7, 11) is 0. The van der Waals surface area contributed by atoms with Crippen molar-refractivity contribution in [3.63, 3.8) is 0 Å². The maximum absolute atomic E-state index is 12.2. The second-order valence-corrected chi connectivity index (χ2v) is 7.19. The van der Waals surface area contributed by atoms with Gasteiger partial charge >= 0.3 is 0 Å². The molecule has 108 valence electrons. The Morgan fingerprint density at radius 2 is 1.89 bits per heavy atom. The smallest absolute Gasteiger partial charge is 0.137 e. The highest BCUT2D eigenvalue weighted by molar-refractivity contribution is 5.82. The molecule has 2 aliphatic carbocycles. The van der Waals surface area contributed by atoms with E-state index in [4.69, 9.17) is 0 Å². The molecule has 0 aromatic heterocycles. The van der Waals surface area contributed by atoms with Crippen molar-refractivity contribution in [2.24, 2.45) is 11.8 Å². The molecule has 1 saturated heterocycles. The highest BCUT2D eigenvalue weighted by atomic mass is 16.1. The van der Waals surface area contributed by atoms with E-state index < -0.39 is 0 Å². The van der Waals surface area contributed by atoms with Gasteiger partial charge in [0.15, 0.2) is 0 Å². The topological polar surface area (TPSA) is 20.3 Å². The number of ketones is 1. The second kappa shape index (κ2) is 5.95. The maximum atomic E-state index is 12.2. The summed E-state index contributed by atoms with van der Waals surface area (Å²) in [6.45, 7) is 3.66. The SMILES string of the molecule is CC1CCCC(N2CCCC2C2CCCCC2=O)C1. The summed E-state index contributed by atoms with van der Waals surface area (Å²) in [6, 6.07) is 1.38. The second-order valence-electron chi connectivity index (χ2n) is 7.19. The fraction of sp³-hybridized carbons (Fsp3) is 0.941. The molecule has 4 atom stereocenters. The van der Waals surface area contributed by atoms with Crippen molar-refractivity contribution in [2.45, 2.75) is 83.2 Å². The Bertz CT molecular complexity index is 327. The van der Waals surface area contributed by atoms with Gasteiger partial charge in [-0.1, -0.05) is 26.2 Å². The van der Waals surface area contributed by atoms with Gasteiger partial charge < -0.3 is 0 Å². The van der Waals surface area contributed by atoms with E-state index in [0.29, 0.717) is 17.7 Å². The van der Waals surface area contributed by atoms with Crippen molar-refractivity contribution < 1.29 is 4.79 Å². The lowest BCUT2D eigenvalue weighted by molar-refractivity contribution is -0.127. The van der Waals surface area contributed by atoms with E-state index in [1.807, 2.05) is 0 Å². The molecule has 0 spiro atoms. The summed E-state index contributed by atoms with van der Waals surface area (Å²) in [6.07, 6.45) is 12.6. The zero-order valence-corrected chi connectivity index (χ0v) is 12.4. The average molecular weight is 263 g/mol. The van der Waals surface area contributed by atoms with E-state index in [1.54, 1.807) is 0 Å². The highest BCUT2D eigenvalue weighted by Gasteiger charge is 2.40. The van der Waals surface area contributed by atoms with Crippen molar-refractivity contribution >= 4 is 5.78 Å². The van der Waals surface area contributed by atoms with Gasteiger partial charge in [0.1, 0.15) is 5.78 Å². The summed E-state index contributed by atoms with van der Waals surface area (Å²) < 4.78 is 0. The van der Waals surface area contributed by atoms with Crippen molar-refractivity contribution in [3.8, 4) is 0 Å². The Hall–Kier alpha value is -0.370. The van der Waals surface area contributed by atoms with E-state index in [2.05, 4.69) is 11.8 Å². The lowest BCUT2D eigenvalue weighted by Gasteiger charge is -2.41. The summed E-state index contributed by atoms with van der Waals surface area (Å²) in [5, 5.41) is 0. The van der Waals surface area contributed by atoms with Gasteiger partial charge in [-0.05, 0) is 51.0 Å². The average Bonchev–Trinajstić information content (AvgIpc) is 2.88. The first-order chi connectivity index (χ1) is 9.25. The molecular weight excluding hydrogens is 234 g/mol. The normalized spacial score (nSPS) is 41.6. The lowest BCUT2D eigenvalue weighted by Crippen LogP contribution is -2.47. The van der Waals surface area contributed by atoms with Crippen LogP contribution in [-0.4, -0.2) is 29.3 Å². The third-order valence-electron chi connectivity index (χ3n) is 5.79. The van der Waals surface area contributed by atoms with Gasteiger partial charge in [-0.3, -0.25) is 9.69 Å². The van der Waals surface area contributed by atoms with Crippen LogP contribution in [-0.2, 0) is 4.79 Å². The van der Waals surface area contributed by atoms with Gasteiger partial charge in [-0.2, -0.15) is 0 Å². The van der Waals surface area contributed by atoms with Gasteiger partial charge in [0, 0.05) is 24.4 Å². The van der Waals surface area contributed by atoms with E-state index in [1.165, 1.54) is 57.9 Å². The Morgan fingerprint density at radius 1 is 1.00 bits per heavy atom. The van der Waals surface area contributed by atoms with Gasteiger partial charge in [0.05, 0.1) is 0 Å². The number of nitrogens with zero attached hydrogens (tertiary/aromatic N) is 1. The van der Waals surface area contributed by atoms with E-state index in [9.17, 15) is 4.79 Å². The quantitative estimate of drug-likeness (QED) is 0.755. The van der Waals surface area contributed by atoms with Gasteiger partial charge in [-0.25, -0.2) is 0 Å². The number of hydrogen-bond acceptors (Lipinski definition) is 2. The van der Waals surface area contributed by atoms with E-state index in [-0.39, 0.29) is 0 Å². The van der Waals surface area contributed by atoms with Crippen LogP contribution in [0, 0.1) is 11.8 Å². The molecule has 3 rings (SSSR count). The molecular formula is C17H29NO. The third-order valence-corrected chi connectivity index (χ3v) is 5.79. The molecule has 1 heterocycles. The third kappa shape index (κ3) is 2.89. The molecule has 0 amide bonds. The van der Waals surface area contributed by atoms with Crippen LogP contribution in [0.25, 0.3) is 0 Å². The molecule has 0 N–H and O–H groups in total. The van der Waals surface area contributed by atoms with Crippen LogP contribution in [0.1, 0.15) is 71.1 Å². The fourth-order valence-corrected chi connectivity index (χ4v) is 4.82. The number of rotatable bonds is 2. The molecule has 0 radical (unpaired) electrons. The first-order valence-electron chi connectivity index (χ1n) is 8.54. The van der Waals surface area contributed by atoms with Crippen molar-refractivity contribution in [2.75, 3.05) is 6.54 Å². The molecule has 0 aromatic rings. The van der Waals surface area contributed by atoms with Gasteiger partial charge in [0.2, 0.25) is 0 Å². The van der Waals surface area contributed by atoms with Crippen LogP contribution in [0.3, 0.4) is 0 Å². The molecule has 19 heavy (non-hydrogen) atoms. The number of likely N-dealkylation sites (tertiary alicyclic amines) is 1. The van der Waals surface area contributed by atoms with Crippen molar-refractivity contribution in [1.82, 2.24) is 4.90 Å². The maximum Gasteiger partial charge on any atom is 0.137 e. The Labute approximate surface area is 117 Å². The molecule has 1 aliphatic heterocycles. The first-order valence-corrected chi connectivity index (χ1v) is 8.54. The van der Waals surface area contributed by atoms with Gasteiger partial charge in [0.25, 0.3) is 0 Å². The number of carbonyl (C=O) groups excluding carboxylic acids is 1. The predicted molar refractivity (Wildman–Crippen MR) is 78.1 cm³/mol. The zero-order valence-electron chi connectivity index (χ0n) is 12.4. The predicted octanol–water partition coefficient (Wildman–Crippen LogP) is 3.79. The van der Waals surface area contributed by atoms with Crippen LogP contribution in [0.5, 0.6) is 0 Å². The summed E-state index contributed by atoms with van der Waals surface area (Å²) >= 11 is 0. The molecule has 3 fully saturated rings. The molecule has 0 aromatic carbocycles. The van der Waals surface area contributed by atoms with Gasteiger partial charge in [-0.15, -0.1) is 0 Å².